The van der Waals surface area contributed by atoms with Gasteiger partial charge < -0.3 is 30.4 Å². The molecule has 4 N–H and O–H groups in total. The minimum atomic E-state index is 0.188. The van der Waals surface area contributed by atoms with E-state index in [2.05, 4.69) is 82.5 Å². The SMILES string of the molecule is COc1ccc(C2C(c3cc[n+](CCCN)cc3)C(c3ccc(OC)c(OC)c3)C2c2cc[n+](CCCN)cc2)cc1OC. The van der Waals surface area contributed by atoms with Gasteiger partial charge in [-0.15, -0.1) is 0 Å². The first-order valence-corrected chi connectivity index (χ1v) is 15.4. The predicted molar refractivity (Wildman–Crippen MR) is 171 cm³/mol. The second-order valence-electron chi connectivity index (χ2n) is 11.4. The highest BCUT2D eigenvalue weighted by molar-refractivity contribution is 5.53. The van der Waals surface area contributed by atoms with Crippen molar-refractivity contribution in [1.82, 2.24) is 0 Å². The van der Waals surface area contributed by atoms with E-state index in [-0.39, 0.29) is 23.7 Å². The normalized spacial score (nSPS) is 19.2. The van der Waals surface area contributed by atoms with E-state index >= 15 is 0 Å². The maximum absolute atomic E-state index is 5.78. The molecule has 1 aliphatic carbocycles. The van der Waals surface area contributed by atoms with E-state index in [9.17, 15) is 0 Å². The zero-order valence-corrected chi connectivity index (χ0v) is 26.3. The molecule has 2 heterocycles. The minimum Gasteiger partial charge on any atom is -0.493 e. The summed E-state index contributed by atoms with van der Waals surface area (Å²) in [5.41, 5.74) is 16.6. The van der Waals surface area contributed by atoms with Crippen LogP contribution >= 0.6 is 0 Å². The molecule has 232 valence electrons. The summed E-state index contributed by atoms with van der Waals surface area (Å²) in [6.45, 7) is 3.14. The fraction of sp³-hybridized carbons (Fsp3) is 0.389. The summed E-state index contributed by atoms with van der Waals surface area (Å²) in [5.74, 6) is 3.69. The molecule has 5 rings (SSSR count). The number of nitrogens with two attached hydrogens (primary N) is 2. The lowest BCUT2D eigenvalue weighted by Crippen LogP contribution is -2.42. The number of methoxy groups -OCH3 is 4. The van der Waals surface area contributed by atoms with Gasteiger partial charge >= 0.3 is 0 Å². The van der Waals surface area contributed by atoms with E-state index in [0.717, 1.165) is 48.9 Å². The molecule has 44 heavy (non-hydrogen) atoms. The summed E-state index contributed by atoms with van der Waals surface area (Å²) in [7, 11) is 6.73. The van der Waals surface area contributed by atoms with Crippen molar-refractivity contribution in [2.45, 2.75) is 49.6 Å². The Hall–Kier alpha value is -4.14. The van der Waals surface area contributed by atoms with Crippen molar-refractivity contribution in [3.63, 3.8) is 0 Å². The lowest BCUT2D eigenvalue weighted by molar-refractivity contribution is -0.697. The highest BCUT2D eigenvalue weighted by Gasteiger charge is 2.53. The van der Waals surface area contributed by atoms with Crippen LogP contribution in [0.15, 0.2) is 85.5 Å². The Morgan fingerprint density at radius 1 is 0.477 bits per heavy atom. The quantitative estimate of drug-likeness (QED) is 0.208. The number of rotatable bonds is 14. The van der Waals surface area contributed by atoms with Gasteiger partial charge in [0.05, 0.1) is 28.4 Å². The van der Waals surface area contributed by atoms with Crippen LogP contribution in [-0.4, -0.2) is 41.5 Å². The monoisotopic (exact) mass is 598 g/mol. The van der Waals surface area contributed by atoms with Crippen LogP contribution in [-0.2, 0) is 13.1 Å². The molecule has 8 nitrogen and oxygen atoms in total. The van der Waals surface area contributed by atoms with Gasteiger partial charge in [0.15, 0.2) is 47.8 Å². The van der Waals surface area contributed by atoms with Gasteiger partial charge in [0.1, 0.15) is 13.1 Å². The van der Waals surface area contributed by atoms with E-state index in [0.29, 0.717) is 13.1 Å². The van der Waals surface area contributed by atoms with E-state index in [1.807, 2.05) is 12.1 Å². The van der Waals surface area contributed by atoms with Gasteiger partial charge in [0.2, 0.25) is 0 Å². The molecule has 0 aliphatic heterocycles. The van der Waals surface area contributed by atoms with Gasteiger partial charge in [-0.25, -0.2) is 9.13 Å². The van der Waals surface area contributed by atoms with Crippen molar-refractivity contribution in [2.75, 3.05) is 41.5 Å². The van der Waals surface area contributed by atoms with Crippen molar-refractivity contribution >= 4 is 0 Å². The maximum Gasteiger partial charge on any atom is 0.169 e. The molecule has 0 saturated heterocycles. The van der Waals surface area contributed by atoms with Gasteiger partial charge in [-0.1, -0.05) is 12.1 Å². The van der Waals surface area contributed by atoms with E-state index < -0.39 is 0 Å². The largest absolute Gasteiger partial charge is 0.493 e. The number of aromatic nitrogens is 2. The van der Waals surface area contributed by atoms with E-state index in [4.69, 9.17) is 30.4 Å². The third-order valence-corrected chi connectivity index (χ3v) is 8.98. The molecule has 0 radical (unpaired) electrons. The molecule has 0 atom stereocenters. The molecule has 0 bridgehead atoms. The molecule has 1 fully saturated rings. The standard InChI is InChI=1S/C36H46N4O4/c1-41-29-9-7-27(23-31(29)43-3)35-33(25-11-19-39(20-12-25)17-5-15-37)36(28-8-10-30(42-2)32(24-28)44-4)34(35)26-13-21-40(22-14-26)18-6-16-38/h7-14,19-24,33-36H,5-6,15-18,37-38H2,1-4H3/q+2. The molecule has 2 aromatic heterocycles. The van der Waals surface area contributed by atoms with Crippen LogP contribution in [0, 0.1) is 0 Å². The molecule has 1 aliphatic rings. The first kappa shape index (κ1) is 31.3. The number of aryl methyl sites for hydroxylation is 2. The smallest absolute Gasteiger partial charge is 0.169 e. The average Bonchev–Trinajstić information content (AvgIpc) is 3.06. The molecule has 8 heteroatoms. The lowest BCUT2D eigenvalue weighted by atomic mass is 9.49. The summed E-state index contributed by atoms with van der Waals surface area (Å²) in [5, 5.41) is 0. The fourth-order valence-corrected chi connectivity index (χ4v) is 6.76. The molecule has 1 saturated carbocycles. The lowest BCUT2D eigenvalue weighted by Gasteiger charge is -2.53. The Labute approximate surface area is 261 Å². The average molecular weight is 599 g/mol. The Morgan fingerprint density at radius 2 is 0.818 bits per heavy atom. The van der Waals surface area contributed by atoms with Crippen molar-refractivity contribution < 1.29 is 28.1 Å². The molecular weight excluding hydrogens is 552 g/mol. The summed E-state index contributed by atoms with van der Waals surface area (Å²) in [6.07, 6.45) is 10.6. The van der Waals surface area contributed by atoms with Crippen LogP contribution in [0.2, 0.25) is 0 Å². The van der Waals surface area contributed by atoms with Crippen molar-refractivity contribution in [1.29, 1.82) is 0 Å². The maximum atomic E-state index is 5.78. The Balaban J connectivity index is 1.65. The second kappa shape index (κ2) is 14.6. The predicted octanol–water partition coefficient (Wildman–Crippen LogP) is 4.44. The third-order valence-electron chi connectivity index (χ3n) is 8.98. The number of benzene rings is 2. The Morgan fingerprint density at radius 3 is 1.14 bits per heavy atom. The number of pyridine rings is 2. The first-order valence-electron chi connectivity index (χ1n) is 15.4. The fourth-order valence-electron chi connectivity index (χ4n) is 6.76. The molecule has 0 unspecified atom stereocenters. The van der Waals surface area contributed by atoms with Gasteiger partial charge in [0, 0.05) is 37.1 Å². The number of hydrogen-bond donors (Lipinski definition) is 2. The number of nitrogens with zero attached hydrogens (tertiary/aromatic N) is 2. The topological polar surface area (TPSA) is 96.7 Å². The van der Waals surface area contributed by atoms with Crippen molar-refractivity contribution in [3.05, 3.63) is 108 Å². The molecular formula is C36H46N4O4+2. The van der Waals surface area contributed by atoms with E-state index in [1.165, 1.54) is 22.3 Å². The molecule has 4 aromatic rings. The van der Waals surface area contributed by atoms with Crippen LogP contribution < -0.4 is 39.5 Å². The van der Waals surface area contributed by atoms with Gasteiger partial charge in [-0.2, -0.15) is 0 Å². The van der Waals surface area contributed by atoms with Crippen LogP contribution in [0.3, 0.4) is 0 Å². The summed E-state index contributed by atoms with van der Waals surface area (Å²) < 4.78 is 27.2. The Kier molecular flexibility index (Phi) is 10.4. The van der Waals surface area contributed by atoms with Crippen LogP contribution in [0.1, 0.15) is 58.8 Å². The molecule has 0 amide bonds. The molecule has 2 aromatic carbocycles. The minimum absolute atomic E-state index is 0.188. The number of ether oxygens (including phenoxy) is 4. The van der Waals surface area contributed by atoms with Gasteiger partial charge in [-0.05, 0) is 83.3 Å². The van der Waals surface area contributed by atoms with Crippen molar-refractivity contribution in [2.24, 2.45) is 11.5 Å². The zero-order valence-electron chi connectivity index (χ0n) is 26.3. The summed E-state index contributed by atoms with van der Waals surface area (Å²) in [6, 6.07) is 21.8. The highest BCUT2D eigenvalue weighted by Crippen LogP contribution is 2.67. The molecule has 0 spiro atoms. The highest BCUT2D eigenvalue weighted by atomic mass is 16.5. The first-order chi connectivity index (χ1) is 21.6. The van der Waals surface area contributed by atoms with Gasteiger partial charge in [0.25, 0.3) is 0 Å². The zero-order chi connectivity index (χ0) is 31.1. The third kappa shape index (κ3) is 6.37. The Bertz CT molecular complexity index is 1390. The van der Waals surface area contributed by atoms with Crippen LogP contribution in [0.5, 0.6) is 23.0 Å². The van der Waals surface area contributed by atoms with Crippen molar-refractivity contribution in [3.8, 4) is 23.0 Å². The van der Waals surface area contributed by atoms with E-state index in [1.54, 1.807) is 28.4 Å². The van der Waals surface area contributed by atoms with Crippen LogP contribution in [0.25, 0.3) is 0 Å². The second-order valence-corrected chi connectivity index (χ2v) is 11.4. The summed E-state index contributed by atoms with van der Waals surface area (Å²) in [4.78, 5) is 0. The van der Waals surface area contributed by atoms with Crippen LogP contribution in [0.4, 0.5) is 0 Å². The van der Waals surface area contributed by atoms with Gasteiger partial charge in [-0.3, -0.25) is 0 Å². The summed E-state index contributed by atoms with van der Waals surface area (Å²) >= 11 is 0. The number of hydrogen-bond acceptors (Lipinski definition) is 6.